The molecule has 1 fully saturated rings. The highest BCUT2D eigenvalue weighted by Crippen LogP contribution is 2.67. The Morgan fingerprint density at radius 3 is 1.52 bits per heavy atom. The first-order valence-corrected chi connectivity index (χ1v) is 22.8. The number of fused-ring (bicyclic) bond motifs is 8. The molecule has 1 saturated carbocycles. The van der Waals surface area contributed by atoms with E-state index in [9.17, 15) is 0 Å². The Labute approximate surface area is 375 Å². The number of benzene rings is 9. The lowest BCUT2D eigenvalue weighted by Gasteiger charge is -2.33. The van der Waals surface area contributed by atoms with Crippen LogP contribution in [0.25, 0.3) is 55.7 Å². The third-order valence-electron chi connectivity index (χ3n) is 15.1. The first kappa shape index (κ1) is 37.1. The van der Waals surface area contributed by atoms with Crippen LogP contribution >= 0.6 is 0 Å². The van der Waals surface area contributed by atoms with Gasteiger partial charge in [0.1, 0.15) is 11.3 Å². The normalized spacial score (nSPS) is 18.2. The highest BCUT2D eigenvalue weighted by atomic mass is 16.3. The average molecular weight is 819 g/mol. The summed E-state index contributed by atoms with van der Waals surface area (Å²) in [5, 5.41) is 1.16. The van der Waals surface area contributed by atoms with Crippen molar-refractivity contribution in [1.29, 1.82) is 0 Å². The number of furan rings is 1. The van der Waals surface area contributed by atoms with Crippen molar-refractivity contribution in [2.45, 2.75) is 42.4 Å². The molecule has 2 unspecified atom stereocenters. The molecule has 1 nitrogen and oxygen atoms in total. The quantitative estimate of drug-likeness (QED) is 0.156. The molecule has 0 aliphatic heterocycles. The van der Waals surface area contributed by atoms with Gasteiger partial charge in [0.05, 0.1) is 5.41 Å². The molecular weight excluding hydrogens is 773 g/mol. The van der Waals surface area contributed by atoms with Gasteiger partial charge in [0.15, 0.2) is 0 Å². The Kier molecular flexibility index (Phi) is 8.13. The van der Waals surface area contributed by atoms with Crippen molar-refractivity contribution in [3.8, 4) is 44.7 Å². The SMILES string of the molecule is CC1(C)c2ccccc2-c2ccc(C3C(c4ccc(-c5ccccc5)cc4)[C@H]3c3ccc(-c4ccc5c(c4)C(c4ccccc4)(c4ccccc4)c4c-5oc5ccccc45)cc3)cc21. The van der Waals surface area contributed by atoms with Gasteiger partial charge in [0.2, 0.25) is 0 Å². The standard InChI is InChI=1S/C63H46O/c1-62(2)53-24-14-12-22-49(53)50-36-35-46(39-54(50)62)59-57(43-30-26-41(27-31-43)40-16-6-3-7-17-40)58(59)44-32-28-42(29-33-44)45-34-37-51-55(38-45)63(47-18-8-4-9-19-47,48-20-10-5-11-21-48)60-52-23-13-15-25-56(52)64-61(51)60/h3-39,57-59H,1-2H3/t57?,58-,59?/m1/s1. The second kappa shape index (κ2) is 14.0. The zero-order valence-corrected chi connectivity index (χ0v) is 36.0. The lowest BCUT2D eigenvalue weighted by molar-refractivity contribution is 0.628. The monoisotopic (exact) mass is 818 g/mol. The van der Waals surface area contributed by atoms with Gasteiger partial charge < -0.3 is 4.42 Å². The minimum absolute atomic E-state index is 0.0412. The molecular formula is C63H46O. The second-order valence-corrected chi connectivity index (χ2v) is 18.7. The molecule has 0 saturated heterocycles. The van der Waals surface area contributed by atoms with E-state index in [1.54, 1.807) is 0 Å². The molecule has 3 atom stereocenters. The molecule has 0 bridgehead atoms. The van der Waals surface area contributed by atoms with E-state index in [1.165, 1.54) is 83.5 Å². The van der Waals surface area contributed by atoms with E-state index in [-0.39, 0.29) is 5.41 Å². The van der Waals surface area contributed by atoms with Crippen molar-refractivity contribution in [2.75, 3.05) is 0 Å². The summed E-state index contributed by atoms with van der Waals surface area (Å²) in [5.74, 6) is 2.10. The largest absolute Gasteiger partial charge is 0.456 e. The van der Waals surface area contributed by atoms with Crippen molar-refractivity contribution in [3.05, 3.63) is 275 Å². The number of hydrogen-bond acceptors (Lipinski definition) is 1. The Hall–Kier alpha value is -7.48. The molecule has 0 radical (unpaired) electrons. The molecule has 9 aromatic carbocycles. The Morgan fingerprint density at radius 1 is 0.359 bits per heavy atom. The maximum absolute atomic E-state index is 6.80. The van der Waals surface area contributed by atoms with Gasteiger partial charge >= 0.3 is 0 Å². The zero-order chi connectivity index (χ0) is 42.6. The van der Waals surface area contributed by atoms with Gasteiger partial charge in [-0.15, -0.1) is 0 Å². The van der Waals surface area contributed by atoms with Gasteiger partial charge in [-0.05, 0) is 108 Å². The Morgan fingerprint density at radius 2 is 0.844 bits per heavy atom. The summed E-state index contributed by atoms with van der Waals surface area (Å²) in [6, 6.07) is 83.6. The van der Waals surface area contributed by atoms with E-state index in [0.717, 1.165) is 22.3 Å². The first-order chi connectivity index (χ1) is 31.5. The van der Waals surface area contributed by atoms with Crippen LogP contribution in [0.1, 0.15) is 81.7 Å². The van der Waals surface area contributed by atoms with Crippen LogP contribution in [0.5, 0.6) is 0 Å². The van der Waals surface area contributed by atoms with E-state index < -0.39 is 5.41 Å². The minimum atomic E-state index is -0.550. The van der Waals surface area contributed by atoms with Crippen LogP contribution in [-0.2, 0) is 10.8 Å². The highest BCUT2D eigenvalue weighted by molar-refractivity contribution is 5.98. The Balaban J connectivity index is 0.908. The van der Waals surface area contributed by atoms with Crippen LogP contribution in [-0.4, -0.2) is 0 Å². The van der Waals surface area contributed by atoms with Crippen molar-refractivity contribution in [1.82, 2.24) is 0 Å². The summed E-state index contributed by atoms with van der Waals surface area (Å²) in [6.07, 6.45) is 0. The zero-order valence-electron chi connectivity index (χ0n) is 36.0. The van der Waals surface area contributed by atoms with Crippen LogP contribution in [0.3, 0.4) is 0 Å². The maximum atomic E-state index is 6.80. The number of hydrogen-bond donors (Lipinski definition) is 0. The summed E-state index contributed by atoms with van der Waals surface area (Å²) < 4.78 is 6.80. The predicted molar refractivity (Wildman–Crippen MR) is 263 cm³/mol. The minimum Gasteiger partial charge on any atom is -0.456 e. The molecule has 13 rings (SSSR count). The lowest BCUT2D eigenvalue weighted by atomic mass is 9.67. The fourth-order valence-corrected chi connectivity index (χ4v) is 12.0. The predicted octanol–water partition coefficient (Wildman–Crippen LogP) is 16.1. The van der Waals surface area contributed by atoms with E-state index in [0.29, 0.717) is 17.8 Å². The van der Waals surface area contributed by atoms with E-state index in [4.69, 9.17) is 4.42 Å². The van der Waals surface area contributed by atoms with Crippen LogP contribution < -0.4 is 0 Å². The summed E-state index contributed by atoms with van der Waals surface area (Å²) in [5.41, 5.74) is 21.2. The number of rotatable bonds is 7. The topological polar surface area (TPSA) is 13.1 Å². The van der Waals surface area contributed by atoms with Crippen molar-refractivity contribution >= 4 is 11.0 Å². The van der Waals surface area contributed by atoms with Gasteiger partial charge in [-0.2, -0.15) is 0 Å². The smallest absolute Gasteiger partial charge is 0.140 e. The molecule has 3 aliphatic rings. The molecule has 0 amide bonds. The van der Waals surface area contributed by atoms with Crippen LogP contribution in [0, 0.1) is 0 Å². The molecule has 304 valence electrons. The van der Waals surface area contributed by atoms with Gasteiger partial charge in [0.25, 0.3) is 0 Å². The highest BCUT2D eigenvalue weighted by Gasteiger charge is 2.53. The second-order valence-electron chi connectivity index (χ2n) is 18.7. The molecule has 0 N–H and O–H groups in total. The van der Waals surface area contributed by atoms with E-state index in [2.05, 4.69) is 238 Å². The third kappa shape index (κ3) is 5.37. The fourth-order valence-electron chi connectivity index (χ4n) is 12.0. The molecule has 1 aromatic heterocycles. The summed E-state index contributed by atoms with van der Waals surface area (Å²) >= 11 is 0. The van der Waals surface area contributed by atoms with Gasteiger partial charge in [-0.25, -0.2) is 0 Å². The molecule has 3 aliphatic carbocycles. The average Bonchev–Trinajstić information content (AvgIpc) is 3.80. The van der Waals surface area contributed by atoms with Gasteiger partial charge in [0, 0.05) is 21.9 Å². The van der Waals surface area contributed by atoms with Crippen molar-refractivity contribution in [2.24, 2.45) is 0 Å². The van der Waals surface area contributed by atoms with E-state index >= 15 is 0 Å². The summed E-state index contributed by atoms with van der Waals surface area (Å²) in [6.45, 7) is 4.78. The lowest BCUT2D eigenvalue weighted by Crippen LogP contribution is -2.28. The maximum Gasteiger partial charge on any atom is 0.140 e. The molecule has 10 aromatic rings. The summed E-state index contributed by atoms with van der Waals surface area (Å²) in [7, 11) is 0. The molecule has 64 heavy (non-hydrogen) atoms. The van der Waals surface area contributed by atoms with Crippen LogP contribution in [0.4, 0.5) is 0 Å². The number of para-hydroxylation sites is 1. The Bertz CT molecular complexity index is 3350. The van der Waals surface area contributed by atoms with Gasteiger partial charge in [-0.1, -0.05) is 226 Å². The molecule has 1 heteroatoms. The first-order valence-electron chi connectivity index (χ1n) is 22.8. The van der Waals surface area contributed by atoms with E-state index in [1.807, 2.05) is 0 Å². The van der Waals surface area contributed by atoms with Crippen molar-refractivity contribution < 1.29 is 4.42 Å². The molecule has 1 heterocycles. The van der Waals surface area contributed by atoms with Crippen LogP contribution in [0.15, 0.2) is 229 Å². The molecule has 0 spiro atoms. The van der Waals surface area contributed by atoms with Crippen molar-refractivity contribution in [3.63, 3.8) is 0 Å². The van der Waals surface area contributed by atoms with Gasteiger partial charge in [-0.3, -0.25) is 0 Å². The third-order valence-corrected chi connectivity index (χ3v) is 15.1. The fraction of sp³-hybridized carbons (Fsp3) is 0.111. The summed E-state index contributed by atoms with van der Waals surface area (Å²) in [4.78, 5) is 0. The van der Waals surface area contributed by atoms with Crippen LogP contribution in [0.2, 0.25) is 0 Å².